The maximum Gasteiger partial charge on any atom is 0.302 e. The topological polar surface area (TPSA) is 83.8 Å². The van der Waals surface area contributed by atoms with Crippen molar-refractivity contribution in [3.63, 3.8) is 0 Å². The summed E-state index contributed by atoms with van der Waals surface area (Å²) in [4.78, 5) is 23.7. The van der Waals surface area contributed by atoms with Gasteiger partial charge in [0.1, 0.15) is 11.9 Å². The van der Waals surface area contributed by atoms with E-state index in [9.17, 15) is 19.8 Å². The van der Waals surface area contributed by atoms with Gasteiger partial charge in [0.2, 0.25) is 0 Å². The number of esters is 1. The minimum absolute atomic E-state index is 0.00238. The van der Waals surface area contributed by atoms with Crippen molar-refractivity contribution in [2.75, 3.05) is 0 Å². The zero-order chi connectivity index (χ0) is 20.5. The zero-order valence-electron chi connectivity index (χ0n) is 17.7. The number of hydrogen-bond donors (Lipinski definition) is 2. The SMILES string of the molecule is CC(=O)O[C@H]1CC[C@]2(C)C3C[C@@H](O)[C@]4(C)[C@@H](C(C)=O)CC[C@]4(O)C3CC[C@H]2C1. The quantitative estimate of drug-likeness (QED) is 0.705. The molecule has 4 aliphatic carbocycles. The van der Waals surface area contributed by atoms with Crippen molar-refractivity contribution in [2.45, 2.75) is 96.9 Å². The van der Waals surface area contributed by atoms with E-state index in [0.29, 0.717) is 25.2 Å². The number of aliphatic hydroxyl groups is 2. The summed E-state index contributed by atoms with van der Waals surface area (Å²) in [6.07, 6.45) is 5.97. The first kappa shape index (κ1) is 20.3. The molecule has 4 rings (SSSR count). The van der Waals surface area contributed by atoms with Gasteiger partial charge in [0.05, 0.1) is 11.7 Å². The molecule has 0 bridgehead atoms. The van der Waals surface area contributed by atoms with Crippen LogP contribution in [0.1, 0.15) is 79.1 Å². The predicted molar refractivity (Wildman–Crippen MR) is 104 cm³/mol. The van der Waals surface area contributed by atoms with E-state index in [1.165, 1.54) is 6.92 Å². The second-order valence-corrected chi connectivity index (χ2v) is 10.7. The van der Waals surface area contributed by atoms with E-state index >= 15 is 0 Å². The highest BCUT2D eigenvalue weighted by Crippen LogP contribution is 2.69. The van der Waals surface area contributed by atoms with Gasteiger partial charge in [0.25, 0.3) is 0 Å². The van der Waals surface area contributed by atoms with Gasteiger partial charge in [-0.05, 0) is 81.5 Å². The van der Waals surface area contributed by atoms with Gasteiger partial charge in [-0.1, -0.05) is 13.8 Å². The lowest BCUT2D eigenvalue weighted by atomic mass is 9.42. The van der Waals surface area contributed by atoms with E-state index < -0.39 is 17.1 Å². The monoisotopic (exact) mass is 392 g/mol. The molecule has 0 saturated heterocycles. The van der Waals surface area contributed by atoms with Crippen molar-refractivity contribution < 1.29 is 24.5 Å². The van der Waals surface area contributed by atoms with Gasteiger partial charge in [0.15, 0.2) is 0 Å². The lowest BCUT2D eigenvalue weighted by Gasteiger charge is -2.64. The Kier molecular flexibility index (Phi) is 4.74. The van der Waals surface area contributed by atoms with Crippen LogP contribution in [0.2, 0.25) is 0 Å². The van der Waals surface area contributed by atoms with Crippen LogP contribution in [0.25, 0.3) is 0 Å². The number of aliphatic hydroxyl groups excluding tert-OH is 1. The van der Waals surface area contributed by atoms with E-state index in [2.05, 4.69) is 6.92 Å². The number of ketones is 1. The Morgan fingerprint density at radius 3 is 2.32 bits per heavy atom. The second kappa shape index (κ2) is 6.53. The van der Waals surface area contributed by atoms with Gasteiger partial charge in [-0.25, -0.2) is 0 Å². The summed E-state index contributed by atoms with van der Waals surface area (Å²) in [5.41, 5.74) is -1.66. The number of rotatable bonds is 2. The predicted octanol–water partition coefficient (Wildman–Crippen LogP) is 3.25. The maximum atomic E-state index is 12.3. The van der Waals surface area contributed by atoms with Gasteiger partial charge < -0.3 is 14.9 Å². The van der Waals surface area contributed by atoms with Crippen molar-refractivity contribution in [2.24, 2.45) is 34.5 Å². The van der Waals surface area contributed by atoms with E-state index in [0.717, 1.165) is 32.1 Å². The number of Topliss-reactive ketones (excluding diaryl/α,β-unsaturated/α-hetero) is 1. The third kappa shape index (κ3) is 2.57. The maximum absolute atomic E-state index is 12.3. The van der Waals surface area contributed by atoms with Crippen LogP contribution in [0.4, 0.5) is 0 Å². The standard InChI is InChI=1S/C23H36O5/c1-13(24)17-8-10-23(27)18-6-5-15-11-16(28-14(2)25)7-9-21(15,3)19(18)12-20(26)22(17,23)4/h15-20,26-27H,5-12H2,1-4H3/t15-,16-,17+,18?,19?,20+,21-,22-,23-/m0/s1. The summed E-state index contributed by atoms with van der Waals surface area (Å²) in [6.45, 7) is 7.37. The fourth-order valence-corrected chi connectivity index (χ4v) is 8.16. The Morgan fingerprint density at radius 1 is 0.964 bits per heavy atom. The number of hydrogen-bond acceptors (Lipinski definition) is 5. The van der Waals surface area contributed by atoms with Crippen LogP contribution >= 0.6 is 0 Å². The molecule has 4 saturated carbocycles. The van der Waals surface area contributed by atoms with Gasteiger partial charge in [-0.2, -0.15) is 0 Å². The van der Waals surface area contributed by atoms with Crippen LogP contribution in [0, 0.1) is 34.5 Å². The molecule has 2 unspecified atom stereocenters. The molecule has 28 heavy (non-hydrogen) atoms. The highest BCUT2D eigenvalue weighted by Gasteiger charge is 2.70. The molecule has 9 atom stereocenters. The van der Waals surface area contributed by atoms with E-state index in [-0.39, 0.29) is 41.0 Å². The molecule has 4 aliphatic rings. The number of carbonyl (C=O) groups excluding carboxylic acids is 2. The summed E-state index contributed by atoms with van der Waals surface area (Å²) in [6, 6.07) is 0. The molecule has 0 aliphatic heterocycles. The van der Waals surface area contributed by atoms with Crippen LogP contribution < -0.4 is 0 Å². The number of ether oxygens (including phenoxy) is 1. The molecule has 5 nitrogen and oxygen atoms in total. The normalized spacial score (nSPS) is 52.9. The molecule has 0 radical (unpaired) electrons. The second-order valence-electron chi connectivity index (χ2n) is 10.7. The molecule has 0 aromatic carbocycles. The van der Waals surface area contributed by atoms with Crippen molar-refractivity contribution in [1.29, 1.82) is 0 Å². The Labute approximate surface area is 168 Å². The average Bonchev–Trinajstić information content (AvgIpc) is 2.89. The zero-order valence-corrected chi connectivity index (χ0v) is 17.7. The van der Waals surface area contributed by atoms with Gasteiger partial charge in [-0.15, -0.1) is 0 Å². The minimum atomic E-state index is -0.966. The van der Waals surface area contributed by atoms with Gasteiger partial charge in [0, 0.05) is 18.3 Å². The number of fused-ring (bicyclic) bond motifs is 5. The van der Waals surface area contributed by atoms with E-state index in [1.54, 1.807) is 6.92 Å². The summed E-state index contributed by atoms with van der Waals surface area (Å²) < 4.78 is 5.51. The summed E-state index contributed by atoms with van der Waals surface area (Å²) in [5, 5.41) is 23.2. The molecule has 158 valence electrons. The lowest BCUT2D eigenvalue weighted by Crippen LogP contribution is -2.67. The van der Waals surface area contributed by atoms with Crippen molar-refractivity contribution in [1.82, 2.24) is 0 Å². The van der Waals surface area contributed by atoms with Crippen molar-refractivity contribution >= 4 is 11.8 Å². The fraction of sp³-hybridized carbons (Fsp3) is 0.913. The van der Waals surface area contributed by atoms with Crippen LogP contribution in [0.15, 0.2) is 0 Å². The highest BCUT2D eigenvalue weighted by atomic mass is 16.5. The van der Waals surface area contributed by atoms with Crippen LogP contribution in [-0.2, 0) is 14.3 Å². The average molecular weight is 393 g/mol. The first-order chi connectivity index (χ1) is 13.0. The molecule has 2 N–H and O–H groups in total. The Morgan fingerprint density at radius 2 is 1.68 bits per heavy atom. The van der Waals surface area contributed by atoms with Gasteiger partial charge in [-0.3, -0.25) is 9.59 Å². The largest absolute Gasteiger partial charge is 0.463 e. The first-order valence-electron chi connectivity index (χ1n) is 11.1. The van der Waals surface area contributed by atoms with Crippen LogP contribution in [0.5, 0.6) is 0 Å². The van der Waals surface area contributed by atoms with Crippen LogP contribution in [0.3, 0.4) is 0 Å². The number of carbonyl (C=O) groups is 2. The summed E-state index contributed by atoms with van der Waals surface area (Å²) >= 11 is 0. The molecular formula is C23H36O5. The molecule has 0 aromatic heterocycles. The van der Waals surface area contributed by atoms with Crippen LogP contribution in [-0.4, -0.2) is 39.8 Å². The molecule has 0 heterocycles. The Hall–Kier alpha value is -0.940. The van der Waals surface area contributed by atoms with E-state index in [1.807, 2.05) is 6.92 Å². The molecule has 5 heteroatoms. The smallest absolute Gasteiger partial charge is 0.302 e. The van der Waals surface area contributed by atoms with Gasteiger partial charge >= 0.3 is 5.97 Å². The van der Waals surface area contributed by atoms with Crippen molar-refractivity contribution in [3.05, 3.63) is 0 Å². The summed E-state index contributed by atoms with van der Waals surface area (Å²) in [5.74, 6) is 0.482. The fourth-order valence-electron chi connectivity index (χ4n) is 8.16. The van der Waals surface area contributed by atoms with Crippen molar-refractivity contribution in [3.8, 4) is 0 Å². The highest BCUT2D eigenvalue weighted by molar-refractivity contribution is 5.80. The third-order valence-corrected chi connectivity index (χ3v) is 9.72. The van der Waals surface area contributed by atoms with E-state index in [4.69, 9.17) is 4.74 Å². The molecule has 4 fully saturated rings. The molecule has 0 aromatic rings. The molecule has 0 amide bonds. The minimum Gasteiger partial charge on any atom is -0.463 e. The summed E-state index contributed by atoms with van der Waals surface area (Å²) in [7, 11) is 0. The third-order valence-electron chi connectivity index (χ3n) is 9.72. The Bertz CT molecular complexity index is 676. The molecular weight excluding hydrogens is 356 g/mol. The lowest BCUT2D eigenvalue weighted by molar-refractivity contribution is -0.246. The molecule has 0 spiro atoms. The Balaban J connectivity index is 1.63. The first-order valence-corrected chi connectivity index (χ1v) is 11.1.